The summed E-state index contributed by atoms with van der Waals surface area (Å²) in [5.41, 5.74) is 0.981. The molecule has 1 aromatic heterocycles. The third kappa shape index (κ3) is 4.24. The lowest BCUT2D eigenvalue weighted by Gasteiger charge is -2.24. The molecule has 0 saturated heterocycles. The smallest absolute Gasteiger partial charge is 0.123 e. The zero-order chi connectivity index (χ0) is 16.2. The summed E-state index contributed by atoms with van der Waals surface area (Å²) in [6, 6.07) is 7.56. The molecule has 2 aromatic rings. The highest BCUT2D eigenvalue weighted by molar-refractivity contribution is 5.44. The zero-order valence-electron chi connectivity index (χ0n) is 13.6. The molecule has 1 atom stereocenters. The number of nitrogens with zero attached hydrogens (tertiary/aromatic N) is 2. The molecular weight excluding hydrogens is 280 g/mol. The Kier molecular flexibility index (Phi) is 5.08. The van der Waals surface area contributed by atoms with E-state index in [1.54, 1.807) is 18.0 Å². The van der Waals surface area contributed by atoms with Crippen molar-refractivity contribution in [2.75, 3.05) is 13.7 Å². The third-order valence-corrected chi connectivity index (χ3v) is 3.38. The van der Waals surface area contributed by atoms with Crippen molar-refractivity contribution in [3.8, 4) is 11.5 Å². The molecule has 0 fully saturated rings. The number of methoxy groups -OCH3 is 1. The first-order valence-electron chi connectivity index (χ1n) is 7.37. The number of aliphatic hydroxyl groups is 1. The van der Waals surface area contributed by atoms with Crippen molar-refractivity contribution < 1.29 is 14.6 Å². The van der Waals surface area contributed by atoms with Gasteiger partial charge in [0.05, 0.1) is 13.7 Å². The van der Waals surface area contributed by atoms with Crippen LogP contribution in [0.3, 0.4) is 0 Å². The molecule has 1 aromatic carbocycles. The van der Waals surface area contributed by atoms with Gasteiger partial charge in [-0.2, -0.15) is 5.10 Å². The normalized spacial score (nSPS) is 13.0. The molecule has 2 rings (SSSR count). The molecule has 0 radical (unpaired) electrons. The van der Waals surface area contributed by atoms with E-state index in [1.807, 2.05) is 30.5 Å². The summed E-state index contributed by atoms with van der Waals surface area (Å²) in [5.74, 6) is 1.57. The SMILES string of the molecule is COc1ccc(OCC(O)Cn2cccn2)c(C(C)(C)C)c1. The molecule has 5 nitrogen and oxygen atoms in total. The van der Waals surface area contributed by atoms with E-state index in [1.165, 1.54) is 0 Å². The summed E-state index contributed by atoms with van der Waals surface area (Å²) in [5, 5.41) is 14.1. The molecule has 5 heteroatoms. The number of ether oxygens (including phenoxy) is 2. The van der Waals surface area contributed by atoms with Crippen LogP contribution in [0.1, 0.15) is 26.3 Å². The van der Waals surface area contributed by atoms with Gasteiger partial charge in [-0.15, -0.1) is 0 Å². The van der Waals surface area contributed by atoms with Gasteiger partial charge in [0.2, 0.25) is 0 Å². The van der Waals surface area contributed by atoms with Crippen molar-refractivity contribution in [1.82, 2.24) is 9.78 Å². The van der Waals surface area contributed by atoms with Crippen LogP contribution in [0, 0.1) is 0 Å². The highest BCUT2D eigenvalue weighted by Crippen LogP contribution is 2.34. The maximum atomic E-state index is 10.1. The van der Waals surface area contributed by atoms with E-state index >= 15 is 0 Å². The highest BCUT2D eigenvalue weighted by atomic mass is 16.5. The molecule has 1 heterocycles. The number of aliphatic hydroxyl groups excluding tert-OH is 1. The highest BCUT2D eigenvalue weighted by Gasteiger charge is 2.20. The Labute approximate surface area is 131 Å². The predicted octanol–water partition coefficient (Wildman–Crippen LogP) is 2.63. The van der Waals surface area contributed by atoms with Crippen molar-refractivity contribution in [2.24, 2.45) is 0 Å². The van der Waals surface area contributed by atoms with Crippen LogP contribution in [0.25, 0.3) is 0 Å². The summed E-state index contributed by atoms with van der Waals surface area (Å²) in [7, 11) is 1.65. The molecule has 0 amide bonds. The van der Waals surface area contributed by atoms with Crippen molar-refractivity contribution in [3.63, 3.8) is 0 Å². The summed E-state index contributed by atoms with van der Waals surface area (Å²) in [6.07, 6.45) is 2.89. The number of aromatic nitrogens is 2. The minimum Gasteiger partial charge on any atom is -0.497 e. The van der Waals surface area contributed by atoms with Gasteiger partial charge in [-0.3, -0.25) is 4.68 Å². The van der Waals surface area contributed by atoms with Crippen molar-refractivity contribution in [2.45, 2.75) is 38.8 Å². The van der Waals surface area contributed by atoms with Crippen molar-refractivity contribution in [3.05, 3.63) is 42.2 Å². The van der Waals surface area contributed by atoms with Crippen molar-refractivity contribution in [1.29, 1.82) is 0 Å². The Bertz CT molecular complexity index is 588. The Morgan fingerprint density at radius 3 is 2.68 bits per heavy atom. The van der Waals surface area contributed by atoms with E-state index in [4.69, 9.17) is 9.47 Å². The second-order valence-corrected chi connectivity index (χ2v) is 6.31. The fourth-order valence-electron chi connectivity index (χ4n) is 2.21. The third-order valence-electron chi connectivity index (χ3n) is 3.38. The fourth-order valence-corrected chi connectivity index (χ4v) is 2.21. The molecule has 0 aliphatic carbocycles. The topological polar surface area (TPSA) is 56.5 Å². The van der Waals surface area contributed by atoms with Crippen LogP contribution in [-0.2, 0) is 12.0 Å². The van der Waals surface area contributed by atoms with Gasteiger partial charge in [0.15, 0.2) is 0 Å². The van der Waals surface area contributed by atoms with Gasteiger partial charge in [0.1, 0.15) is 24.2 Å². The molecule has 0 aliphatic heterocycles. The summed E-state index contributed by atoms with van der Waals surface area (Å²) in [6.45, 7) is 6.99. The van der Waals surface area contributed by atoms with E-state index < -0.39 is 6.10 Å². The standard InChI is InChI=1S/C17H24N2O3/c1-17(2,3)15-10-14(21-4)6-7-16(15)22-12-13(20)11-19-9-5-8-18-19/h5-10,13,20H,11-12H2,1-4H3. The second-order valence-electron chi connectivity index (χ2n) is 6.31. The van der Waals surface area contributed by atoms with Gasteiger partial charge in [0, 0.05) is 18.0 Å². The largest absolute Gasteiger partial charge is 0.497 e. The number of rotatable bonds is 6. The van der Waals surface area contributed by atoms with Gasteiger partial charge < -0.3 is 14.6 Å². The van der Waals surface area contributed by atoms with Gasteiger partial charge >= 0.3 is 0 Å². The van der Waals surface area contributed by atoms with Crippen molar-refractivity contribution >= 4 is 0 Å². The zero-order valence-corrected chi connectivity index (χ0v) is 13.6. The van der Waals surface area contributed by atoms with Gasteiger partial charge in [0.25, 0.3) is 0 Å². The fraction of sp³-hybridized carbons (Fsp3) is 0.471. The molecule has 0 spiro atoms. The Morgan fingerprint density at radius 1 is 1.32 bits per heavy atom. The molecule has 22 heavy (non-hydrogen) atoms. The van der Waals surface area contributed by atoms with E-state index in [-0.39, 0.29) is 12.0 Å². The molecule has 1 unspecified atom stereocenters. The maximum absolute atomic E-state index is 10.1. The van der Waals surface area contributed by atoms with Gasteiger partial charge in [-0.05, 0) is 29.7 Å². The Morgan fingerprint density at radius 2 is 2.09 bits per heavy atom. The molecule has 0 bridgehead atoms. The lowest BCUT2D eigenvalue weighted by atomic mass is 9.86. The van der Waals surface area contributed by atoms with Gasteiger partial charge in [-0.1, -0.05) is 20.8 Å². The first-order valence-corrected chi connectivity index (χ1v) is 7.37. The second kappa shape index (κ2) is 6.83. The average Bonchev–Trinajstić information content (AvgIpc) is 2.96. The lowest BCUT2D eigenvalue weighted by Crippen LogP contribution is -2.25. The van der Waals surface area contributed by atoms with E-state index in [2.05, 4.69) is 25.9 Å². The Balaban J connectivity index is 2.05. The summed E-state index contributed by atoms with van der Waals surface area (Å²) < 4.78 is 12.8. The van der Waals surface area contributed by atoms with Crippen LogP contribution in [-0.4, -0.2) is 34.7 Å². The monoisotopic (exact) mass is 304 g/mol. The first kappa shape index (κ1) is 16.4. The maximum Gasteiger partial charge on any atom is 0.123 e. The molecule has 120 valence electrons. The summed E-state index contributed by atoms with van der Waals surface area (Å²) >= 11 is 0. The number of hydrogen-bond donors (Lipinski definition) is 1. The molecular formula is C17H24N2O3. The van der Waals surface area contributed by atoms with Crippen LogP contribution in [0.15, 0.2) is 36.7 Å². The van der Waals surface area contributed by atoms with E-state index in [0.717, 1.165) is 17.1 Å². The molecule has 0 aliphatic rings. The average molecular weight is 304 g/mol. The van der Waals surface area contributed by atoms with Crippen LogP contribution in [0.4, 0.5) is 0 Å². The van der Waals surface area contributed by atoms with Gasteiger partial charge in [-0.25, -0.2) is 0 Å². The lowest BCUT2D eigenvalue weighted by molar-refractivity contribution is 0.0883. The van der Waals surface area contributed by atoms with Crippen LogP contribution >= 0.6 is 0 Å². The van der Waals surface area contributed by atoms with E-state index in [0.29, 0.717) is 6.54 Å². The minimum atomic E-state index is -0.616. The quantitative estimate of drug-likeness (QED) is 0.891. The molecule has 1 N–H and O–H groups in total. The Hall–Kier alpha value is -2.01. The minimum absolute atomic E-state index is 0.0726. The summed E-state index contributed by atoms with van der Waals surface area (Å²) in [4.78, 5) is 0. The van der Waals surface area contributed by atoms with Crippen LogP contribution in [0.2, 0.25) is 0 Å². The molecule has 0 saturated carbocycles. The number of benzene rings is 1. The van der Waals surface area contributed by atoms with E-state index in [9.17, 15) is 5.11 Å². The van der Waals surface area contributed by atoms with Crippen LogP contribution in [0.5, 0.6) is 11.5 Å². The first-order chi connectivity index (χ1) is 10.4. The predicted molar refractivity (Wildman–Crippen MR) is 85.4 cm³/mol. The number of hydrogen-bond acceptors (Lipinski definition) is 4. The van der Waals surface area contributed by atoms with Crippen LogP contribution < -0.4 is 9.47 Å².